The summed E-state index contributed by atoms with van der Waals surface area (Å²) in [4.78, 5) is 14.5. The Morgan fingerprint density at radius 2 is 2.17 bits per heavy atom. The molecule has 0 spiro atoms. The summed E-state index contributed by atoms with van der Waals surface area (Å²) in [7, 11) is 1.95. The summed E-state index contributed by atoms with van der Waals surface area (Å²) >= 11 is 0. The monoisotopic (exact) mass is 244 g/mol. The molecule has 1 fully saturated rings. The number of amides is 1. The molecule has 96 valence electrons. The van der Waals surface area contributed by atoms with E-state index in [-0.39, 0.29) is 5.92 Å². The largest absolute Gasteiger partial charge is 0.388 e. The van der Waals surface area contributed by atoms with Gasteiger partial charge >= 0.3 is 0 Å². The zero-order valence-electron chi connectivity index (χ0n) is 10.9. The van der Waals surface area contributed by atoms with Gasteiger partial charge in [-0.05, 0) is 43.4 Å². The van der Waals surface area contributed by atoms with E-state index in [0.29, 0.717) is 5.91 Å². The lowest BCUT2D eigenvalue weighted by molar-refractivity contribution is -0.124. The highest BCUT2D eigenvalue weighted by molar-refractivity contribution is 5.97. The van der Waals surface area contributed by atoms with Gasteiger partial charge in [0.2, 0.25) is 5.91 Å². The summed E-state index contributed by atoms with van der Waals surface area (Å²) in [6, 6.07) is 6.22. The lowest BCUT2D eigenvalue weighted by atomic mass is 9.83. The van der Waals surface area contributed by atoms with Gasteiger partial charge < -0.3 is 10.2 Å². The van der Waals surface area contributed by atoms with Crippen LogP contribution in [0.3, 0.4) is 0 Å². The molecule has 1 aliphatic heterocycles. The first-order chi connectivity index (χ1) is 8.81. The Kier molecular flexibility index (Phi) is 2.98. The Morgan fingerprint density at radius 1 is 1.33 bits per heavy atom. The van der Waals surface area contributed by atoms with Crippen LogP contribution in [0.1, 0.15) is 31.2 Å². The van der Waals surface area contributed by atoms with Crippen LogP contribution in [0.15, 0.2) is 18.2 Å². The minimum Gasteiger partial charge on any atom is -0.388 e. The van der Waals surface area contributed by atoms with Crippen molar-refractivity contribution in [2.24, 2.45) is 5.92 Å². The fourth-order valence-electron chi connectivity index (χ4n) is 2.96. The van der Waals surface area contributed by atoms with Crippen molar-refractivity contribution in [2.45, 2.75) is 32.1 Å². The van der Waals surface area contributed by atoms with Gasteiger partial charge in [0.15, 0.2) is 0 Å². The highest BCUT2D eigenvalue weighted by Gasteiger charge is 2.32. The van der Waals surface area contributed by atoms with Gasteiger partial charge in [-0.25, -0.2) is 0 Å². The number of rotatable bonds is 2. The maximum Gasteiger partial charge on any atom is 0.230 e. The standard InChI is InChI=1S/C15H20N2O/c1-16-13-8-3-9-14-12(13)7-4-10-17(14)15(18)11-5-2-6-11/h3,8-9,11,16H,2,4-7,10H2,1H3. The SMILES string of the molecule is CNc1cccc2c1CCCN2C(=O)C1CCC1. The van der Waals surface area contributed by atoms with Crippen LogP contribution in [0.25, 0.3) is 0 Å². The molecule has 0 atom stereocenters. The van der Waals surface area contributed by atoms with Gasteiger partial charge in [-0.2, -0.15) is 0 Å². The van der Waals surface area contributed by atoms with E-state index in [0.717, 1.165) is 37.9 Å². The molecule has 1 N–H and O–H groups in total. The number of anilines is 2. The predicted octanol–water partition coefficient (Wildman–Crippen LogP) is 2.81. The summed E-state index contributed by atoms with van der Waals surface area (Å²) in [5, 5.41) is 3.23. The highest BCUT2D eigenvalue weighted by atomic mass is 16.2. The van der Waals surface area contributed by atoms with Gasteiger partial charge in [-0.15, -0.1) is 0 Å². The number of fused-ring (bicyclic) bond motifs is 1. The van der Waals surface area contributed by atoms with Gasteiger partial charge in [0.25, 0.3) is 0 Å². The average molecular weight is 244 g/mol. The van der Waals surface area contributed by atoms with E-state index in [1.54, 1.807) is 0 Å². The van der Waals surface area contributed by atoms with Crippen LogP contribution in [0, 0.1) is 5.92 Å². The first kappa shape index (κ1) is 11.6. The molecule has 0 saturated heterocycles. The molecule has 3 nitrogen and oxygen atoms in total. The Labute approximate surface area is 108 Å². The molecule has 1 aromatic rings. The third-order valence-electron chi connectivity index (χ3n) is 4.24. The second-order valence-corrected chi connectivity index (χ2v) is 5.27. The molecule has 1 saturated carbocycles. The molecule has 1 amide bonds. The van der Waals surface area contributed by atoms with Crippen LogP contribution in [0.2, 0.25) is 0 Å². The van der Waals surface area contributed by atoms with Crippen molar-refractivity contribution in [3.8, 4) is 0 Å². The number of carbonyl (C=O) groups excluding carboxylic acids is 1. The summed E-state index contributed by atoms with van der Waals surface area (Å²) in [5.74, 6) is 0.629. The van der Waals surface area contributed by atoms with Crippen LogP contribution < -0.4 is 10.2 Å². The fraction of sp³-hybridized carbons (Fsp3) is 0.533. The quantitative estimate of drug-likeness (QED) is 0.867. The van der Waals surface area contributed by atoms with E-state index in [4.69, 9.17) is 0 Å². The molecular formula is C15H20N2O. The summed E-state index contributed by atoms with van der Waals surface area (Å²) < 4.78 is 0. The molecule has 1 aromatic carbocycles. The molecule has 1 aliphatic carbocycles. The Morgan fingerprint density at radius 3 is 2.83 bits per heavy atom. The third-order valence-corrected chi connectivity index (χ3v) is 4.24. The molecule has 3 heteroatoms. The molecular weight excluding hydrogens is 224 g/mol. The molecule has 2 aliphatic rings. The molecule has 18 heavy (non-hydrogen) atoms. The van der Waals surface area contributed by atoms with Crippen LogP contribution in [-0.4, -0.2) is 19.5 Å². The minimum atomic E-state index is 0.286. The van der Waals surface area contributed by atoms with Gasteiger partial charge in [0.1, 0.15) is 0 Å². The van der Waals surface area contributed by atoms with Crippen LogP contribution in [0.4, 0.5) is 11.4 Å². The predicted molar refractivity (Wildman–Crippen MR) is 74.0 cm³/mol. The molecule has 1 heterocycles. The Bertz CT molecular complexity index is 466. The third kappa shape index (κ3) is 1.78. The first-order valence-corrected chi connectivity index (χ1v) is 6.92. The van der Waals surface area contributed by atoms with Crippen molar-refractivity contribution in [3.63, 3.8) is 0 Å². The Hall–Kier alpha value is -1.51. The van der Waals surface area contributed by atoms with Crippen molar-refractivity contribution in [1.82, 2.24) is 0 Å². The molecule has 0 unspecified atom stereocenters. The lowest BCUT2D eigenvalue weighted by Crippen LogP contribution is -2.41. The van der Waals surface area contributed by atoms with Gasteiger partial charge in [-0.3, -0.25) is 4.79 Å². The van der Waals surface area contributed by atoms with E-state index in [9.17, 15) is 4.79 Å². The maximum atomic E-state index is 12.4. The Balaban J connectivity index is 1.93. The van der Waals surface area contributed by atoms with E-state index in [2.05, 4.69) is 17.4 Å². The number of benzene rings is 1. The van der Waals surface area contributed by atoms with Crippen molar-refractivity contribution in [2.75, 3.05) is 23.8 Å². The highest BCUT2D eigenvalue weighted by Crippen LogP contribution is 2.36. The van der Waals surface area contributed by atoms with E-state index in [1.165, 1.54) is 17.7 Å². The number of nitrogens with one attached hydrogen (secondary N) is 1. The van der Waals surface area contributed by atoms with Gasteiger partial charge in [-0.1, -0.05) is 12.5 Å². The van der Waals surface area contributed by atoms with E-state index < -0.39 is 0 Å². The van der Waals surface area contributed by atoms with Crippen molar-refractivity contribution in [3.05, 3.63) is 23.8 Å². The molecule has 3 rings (SSSR count). The van der Waals surface area contributed by atoms with Gasteiger partial charge in [0.05, 0.1) is 0 Å². The minimum absolute atomic E-state index is 0.286. The second kappa shape index (κ2) is 4.63. The number of nitrogens with zero attached hydrogens (tertiary/aromatic N) is 1. The maximum absolute atomic E-state index is 12.4. The smallest absolute Gasteiger partial charge is 0.230 e. The zero-order chi connectivity index (χ0) is 12.5. The van der Waals surface area contributed by atoms with E-state index in [1.807, 2.05) is 18.0 Å². The van der Waals surface area contributed by atoms with Crippen LogP contribution in [-0.2, 0) is 11.2 Å². The summed E-state index contributed by atoms with van der Waals surface area (Å²) in [6.45, 7) is 0.884. The normalized spacial score (nSPS) is 19.1. The average Bonchev–Trinajstić information content (AvgIpc) is 2.35. The molecule has 0 bridgehead atoms. The number of carbonyl (C=O) groups is 1. The van der Waals surface area contributed by atoms with Crippen molar-refractivity contribution in [1.29, 1.82) is 0 Å². The topological polar surface area (TPSA) is 32.3 Å². The molecule has 0 aromatic heterocycles. The summed E-state index contributed by atoms with van der Waals surface area (Å²) in [6.07, 6.45) is 5.52. The number of hydrogen-bond donors (Lipinski definition) is 1. The second-order valence-electron chi connectivity index (χ2n) is 5.27. The first-order valence-electron chi connectivity index (χ1n) is 6.92. The van der Waals surface area contributed by atoms with Gasteiger partial charge in [0, 0.05) is 30.9 Å². The van der Waals surface area contributed by atoms with Crippen LogP contribution in [0.5, 0.6) is 0 Å². The van der Waals surface area contributed by atoms with Crippen molar-refractivity contribution < 1.29 is 4.79 Å². The fourth-order valence-corrected chi connectivity index (χ4v) is 2.96. The molecule has 0 radical (unpaired) electrons. The zero-order valence-corrected chi connectivity index (χ0v) is 10.9. The van der Waals surface area contributed by atoms with Crippen molar-refractivity contribution >= 4 is 17.3 Å². The lowest BCUT2D eigenvalue weighted by Gasteiger charge is -2.35. The van der Waals surface area contributed by atoms with E-state index >= 15 is 0 Å². The van der Waals surface area contributed by atoms with Crippen LogP contribution >= 0.6 is 0 Å². The summed E-state index contributed by atoms with van der Waals surface area (Å²) in [5.41, 5.74) is 3.60. The number of hydrogen-bond acceptors (Lipinski definition) is 2.